The summed E-state index contributed by atoms with van der Waals surface area (Å²) in [6, 6.07) is 2.65. The van der Waals surface area contributed by atoms with Crippen LogP contribution in [0, 0.1) is 12.8 Å². The number of hydrogen-bond acceptors (Lipinski definition) is 4. The molecule has 1 rings (SSSR count). The van der Waals surface area contributed by atoms with Gasteiger partial charge in [0.25, 0.3) is 0 Å². The molecule has 1 aromatic carbocycles. The van der Waals surface area contributed by atoms with E-state index in [2.05, 4.69) is 4.99 Å². The highest BCUT2D eigenvalue weighted by atomic mass is 19.4. The van der Waals surface area contributed by atoms with Crippen molar-refractivity contribution < 1.29 is 27.8 Å². The highest BCUT2D eigenvalue weighted by Crippen LogP contribution is 2.45. The Morgan fingerprint density at radius 3 is 2.41 bits per heavy atom. The molecule has 0 spiro atoms. The van der Waals surface area contributed by atoms with Gasteiger partial charge in [-0.1, -0.05) is 13.8 Å². The second-order valence-corrected chi connectivity index (χ2v) is 6.92. The van der Waals surface area contributed by atoms with Gasteiger partial charge in [-0.2, -0.15) is 13.2 Å². The van der Waals surface area contributed by atoms with Gasteiger partial charge < -0.3 is 19.5 Å². The van der Waals surface area contributed by atoms with Crippen LogP contribution in [0.15, 0.2) is 17.1 Å². The molecule has 0 aliphatic heterocycles. The maximum absolute atomic E-state index is 13.7. The zero-order valence-corrected chi connectivity index (χ0v) is 16.7. The monoisotopic (exact) mass is 390 g/mol. The van der Waals surface area contributed by atoms with E-state index in [0.29, 0.717) is 11.3 Å². The largest absolute Gasteiger partial charge is 0.496 e. The third-order valence-electron chi connectivity index (χ3n) is 4.09. The molecule has 5 nitrogen and oxygen atoms in total. The maximum atomic E-state index is 13.7. The van der Waals surface area contributed by atoms with Crippen molar-refractivity contribution in [3.05, 3.63) is 23.3 Å². The summed E-state index contributed by atoms with van der Waals surface area (Å²) < 4.78 is 51.5. The van der Waals surface area contributed by atoms with Crippen LogP contribution < -0.4 is 4.74 Å². The van der Waals surface area contributed by atoms with Crippen LogP contribution in [0.5, 0.6) is 5.75 Å². The first-order valence-electron chi connectivity index (χ1n) is 8.76. The lowest BCUT2D eigenvalue weighted by atomic mass is 9.91. The molecule has 0 amide bonds. The normalized spacial score (nSPS) is 14.6. The van der Waals surface area contributed by atoms with E-state index in [-0.39, 0.29) is 23.8 Å². The average Bonchev–Trinajstić information content (AvgIpc) is 2.58. The number of methoxy groups -OCH3 is 1. The summed E-state index contributed by atoms with van der Waals surface area (Å²) in [6.07, 6.45) is -3.35. The first kappa shape index (κ1) is 23.2. The van der Waals surface area contributed by atoms with E-state index < -0.39 is 18.4 Å². The Hall–Kier alpha value is -1.80. The zero-order chi connectivity index (χ0) is 20.8. The summed E-state index contributed by atoms with van der Waals surface area (Å²) in [5.74, 6) is -0.0572. The minimum absolute atomic E-state index is 0.0402. The molecule has 27 heavy (non-hydrogen) atoms. The van der Waals surface area contributed by atoms with Gasteiger partial charge >= 0.3 is 6.18 Å². The molecule has 0 aromatic heterocycles. The Kier molecular flexibility index (Phi) is 8.10. The fourth-order valence-corrected chi connectivity index (χ4v) is 2.31. The molecule has 8 heteroatoms. The van der Waals surface area contributed by atoms with Gasteiger partial charge in [-0.3, -0.25) is 0 Å². The number of benzene rings is 1. The van der Waals surface area contributed by atoms with Crippen molar-refractivity contribution in [3.8, 4) is 5.75 Å². The van der Waals surface area contributed by atoms with Gasteiger partial charge in [0.05, 0.1) is 25.7 Å². The predicted molar refractivity (Wildman–Crippen MR) is 99.8 cm³/mol. The number of hydrogen-bond donors (Lipinski definition) is 1. The zero-order valence-electron chi connectivity index (χ0n) is 16.7. The average molecular weight is 390 g/mol. The van der Waals surface area contributed by atoms with Gasteiger partial charge in [-0.25, -0.2) is 4.99 Å². The minimum atomic E-state index is -4.93. The molecule has 1 atom stereocenters. The van der Waals surface area contributed by atoms with Gasteiger partial charge in [0.2, 0.25) is 5.60 Å². The third kappa shape index (κ3) is 5.84. The summed E-state index contributed by atoms with van der Waals surface area (Å²) in [5, 5.41) is 10.5. The first-order valence-corrected chi connectivity index (χ1v) is 8.76. The van der Waals surface area contributed by atoms with E-state index in [0.717, 1.165) is 6.54 Å². The topological polar surface area (TPSA) is 54.3 Å². The van der Waals surface area contributed by atoms with Crippen LogP contribution in [-0.4, -0.2) is 56.4 Å². The summed E-state index contributed by atoms with van der Waals surface area (Å²) in [7, 11) is 3.09. The van der Waals surface area contributed by atoms with Crippen molar-refractivity contribution in [2.45, 2.75) is 39.5 Å². The van der Waals surface area contributed by atoms with Gasteiger partial charge in [0.15, 0.2) is 0 Å². The number of nitrogens with zero attached hydrogens (tertiary/aromatic N) is 2. The third-order valence-corrected chi connectivity index (χ3v) is 4.09. The molecule has 0 bridgehead atoms. The fourth-order valence-electron chi connectivity index (χ4n) is 2.31. The van der Waals surface area contributed by atoms with Gasteiger partial charge in [-0.15, -0.1) is 0 Å². The molecular formula is C19H29F3N2O3. The molecule has 1 aromatic rings. The van der Waals surface area contributed by atoms with Crippen LogP contribution in [0.3, 0.4) is 0 Å². The molecule has 0 saturated carbocycles. The van der Waals surface area contributed by atoms with Crippen molar-refractivity contribution in [2.24, 2.45) is 10.9 Å². The predicted octanol–water partition coefficient (Wildman–Crippen LogP) is 4.04. The number of aliphatic imine (C=N–C) groups is 1. The molecule has 0 radical (unpaired) electrons. The van der Waals surface area contributed by atoms with Gasteiger partial charge in [0.1, 0.15) is 5.75 Å². The van der Waals surface area contributed by atoms with E-state index in [1.54, 1.807) is 13.3 Å². The first-order chi connectivity index (χ1) is 12.5. The number of halogens is 3. The molecule has 0 heterocycles. The maximum Gasteiger partial charge on any atom is 0.423 e. The van der Waals surface area contributed by atoms with Crippen LogP contribution in [0.4, 0.5) is 18.9 Å². The lowest BCUT2D eigenvalue weighted by Crippen LogP contribution is -2.46. The van der Waals surface area contributed by atoms with Crippen LogP contribution in [0.2, 0.25) is 0 Å². The smallest absolute Gasteiger partial charge is 0.423 e. The SMILES string of the molecule is CCN(C)/C=N/c1cc(OC)c(C(O)(COCC(C)C)C(F)(F)F)cc1C. The van der Waals surface area contributed by atoms with Crippen molar-refractivity contribution in [1.82, 2.24) is 4.90 Å². The Balaban J connectivity index is 3.37. The van der Waals surface area contributed by atoms with E-state index in [1.807, 2.05) is 32.7 Å². The quantitative estimate of drug-likeness (QED) is 0.511. The van der Waals surface area contributed by atoms with E-state index >= 15 is 0 Å². The summed E-state index contributed by atoms with van der Waals surface area (Å²) in [4.78, 5) is 6.11. The molecule has 154 valence electrons. The van der Waals surface area contributed by atoms with E-state index in [4.69, 9.17) is 9.47 Å². The second-order valence-electron chi connectivity index (χ2n) is 6.92. The standard InChI is InChI=1S/C19H29F3N2O3/c1-7-24(5)12-23-16-9-17(26-6)15(8-14(16)4)18(25,19(20,21)22)11-27-10-13(2)3/h8-9,12-13,25H,7,10-11H2,1-6H3/b23-12+. The van der Waals surface area contributed by atoms with Gasteiger partial charge in [-0.05, 0) is 31.4 Å². The van der Waals surface area contributed by atoms with Gasteiger partial charge in [0, 0.05) is 31.8 Å². The summed E-state index contributed by atoms with van der Waals surface area (Å²) >= 11 is 0. The number of rotatable bonds is 9. The number of ether oxygens (including phenoxy) is 2. The molecule has 0 aliphatic rings. The van der Waals surface area contributed by atoms with Crippen LogP contribution >= 0.6 is 0 Å². The molecule has 1 unspecified atom stereocenters. The molecular weight excluding hydrogens is 361 g/mol. The van der Waals surface area contributed by atoms with Crippen LogP contribution in [-0.2, 0) is 10.3 Å². The number of alkyl halides is 3. The Morgan fingerprint density at radius 2 is 1.93 bits per heavy atom. The van der Waals surface area contributed by atoms with E-state index in [1.165, 1.54) is 19.2 Å². The fraction of sp³-hybridized carbons (Fsp3) is 0.632. The van der Waals surface area contributed by atoms with E-state index in [9.17, 15) is 18.3 Å². The molecule has 0 fully saturated rings. The second kappa shape index (κ2) is 9.41. The highest BCUT2D eigenvalue weighted by Gasteiger charge is 2.56. The molecule has 1 N–H and O–H groups in total. The van der Waals surface area contributed by atoms with Crippen LogP contribution in [0.1, 0.15) is 31.9 Å². The summed E-state index contributed by atoms with van der Waals surface area (Å²) in [6.45, 7) is 7.14. The lowest BCUT2D eigenvalue weighted by molar-refractivity contribution is -0.283. The Morgan fingerprint density at radius 1 is 1.30 bits per heavy atom. The molecule has 0 aliphatic carbocycles. The van der Waals surface area contributed by atoms with Crippen molar-refractivity contribution >= 4 is 12.0 Å². The van der Waals surface area contributed by atoms with Crippen LogP contribution in [0.25, 0.3) is 0 Å². The summed E-state index contributed by atoms with van der Waals surface area (Å²) in [5.41, 5.74) is -2.62. The molecule has 0 saturated heterocycles. The number of aryl methyl sites for hydroxylation is 1. The Labute approximate surface area is 158 Å². The lowest BCUT2D eigenvalue weighted by Gasteiger charge is -2.32. The Bertz CT molecular complexity index is 648. The van der Waals surface area contributed by atoms with Crippen molar-refractivity contribution in [2.75, 3.05) is 33.9 Å². The highest BCUT2D eigenvalue weighted by molar-refractivity contribution is 5.65. The minimum Gasteiger partial charge on any atom is -0.496 e. The number of aliphatic hydroxyl groups is 1. The van der Waals surface area contributed by atoms with Crippen molar-refractivity contribution in [1.29, 1.82) is 0 Å². The van der Waals surface area contributed by atoms with Crippen molar-refractivity contribution in [3.63, 3.8) is 0 Å².